The van der Waals surface area contributed by atoms with Gasteiger partial charge in [0.15, 0.2) is 5.76 Å². The number of primary sulfonamides is 1. The van der Waals surface area contributed by atoms with Gasteiger partial charge in [-0.3, -0.25) is 4.79 Å². The lowest BCUT2D eigenvalue weighted by molar-refractivity contribution is 0.0768. The lowest BCUT2D eigenvalue weighted by atomic mass is 10.1. The van der Waals surface area contributed by atoms with Crippen molar-refractivity contribution in [3.63, 3.8) is 0 Å². The molecule has 0 aliphatic carbocycles. The van der Waals surface area contributed by atoms with E-state index in [9.17, 15) is 13.2 Å². The molecule has 0 radical (unpaired) electrons. The molecule has 132 valence electrons. The number of carbonyl (C=O) groups is 1. The summed E-state index contributed by atoms with van der Waals surface area (Å²) in [5.41, 5.74) is 1.96. The molecule has 2 aromatic rings. The molecule has 1 aliphatic rings. The van der Waals surface area contributed by atoms with E-state index in [1.165, 1.54) is 13.0 Å². The molecule has 8 heteroatoms. The van der Waals surface area contributed by atoms with Crippen molar-refractivity contribution >= 4 is 21.5 Å². The number of carbonyl (C=O) groups excluding carboxylic acids is 1. The molecule has 1 aromatic heterocycles. The summed E-state index contributed by atoms with van der Waals surface area (Å²) in [6.45, 7) is 2.27. The van der Waals surface area contributed by atoms with E-state index >= 15 is 0 Å². The Morgan fingerprint density at radius 3 is 2.72 bits per heavy atom. The average molecular weight is 362 g/mol. The Balaban J connectivity index is 1.78. The van der Waals surface area contributed by atoms with E-state index in [0.717, 1.165) is 16.9 Å². The second kappa shape index (κ2) is 6.38. The SMILES string of the molecule is COc1cccc(C2=CCN(C(=O)c3cc(S(N)(=O)=O)c(C)o3)C2)c1. The Morgan fingerprint density at radius 1 is 1.32 bits per heavy atom. The summed E-state index contributed by atoms with van der Waals surface area (Å²) in [4.78, 5) is 14.0. The van der Waals surface area contributed by atoms with Crippen molar-refractivity contribution in [2.45, 2.75) is 11.8 Å². The molecule has 0 spiro atoms. The predicted octanol–water partition coefficient (Wildman–Crippen LogP) is 1.78. The molecular formula is C17H18N2O5S. The first-order chi connectivity index (χ1) is 11.8. The molecule has 1 aromatic carbocycles. The van der Waals surface area contributed by atoms with Crippen LogP contribution < -0.4 is 9.88 Å². The van der Waals surface area contributed by atoms with Gasteiger partial charge in [0.1, 0.15) is 16.4 Å². The van der Waals surface area contributed by atoms with E-state index in [4.69, 9.17) is 14.3 Å². The van der Waals surface area contributed by atoms with Crippen LogP contribution >= 0.6 is 0 Å². The normalized spacial score (nSPS) is 14.5. The third-order valence-corrected chi connectivity index (χ3v) is 5.05. The summed E-state index contributed by atoms with van der Waals surface area (Å²) in [6, 6.07) is 8.75. The maximum absolute atomic E-state index is 12.6. The second-order valence-electron chi connectivity index (χ2n) is 5.72. The van der Waals surface area contributed by atoms with Gasteiger partial charge in [-0.25, -0.2) is 13.6 Å². The zero-order valence-corrected chi connectivity index (χ0v) is 14.7. The fourth-order valence-corrected chi connectivity index (χ4v) is 3.46. The van der Waals surface area contributed by atoms with Crippen LogP contribution in [-0.4, -0.2) is 39.4 Å². The van der Waals surface area contributed by atoms with Crippen molar-refractivity contribution in [1.29, 1.82) is 0 Å². The van der Waals surface area contributed by atoms with E-state index in [1.807, 2.05) is 30.3 Å². The third-order valence-electron chi connectivity index (χ3n) is 4.04. The minimum Gasteiger partial charge on any atom is -0.497 e. The minimum atomic E-state index is -3.92. The van der Waals surface area contributed by atoms with Crippen molar-refractivity contribution in [1.82, 2.24) is 4.90 Å². The Bertz CT molecular complexity index is 959. The summed E-state index contributed by atoms with van der Waals surface area (Å²) in [7, 11) is -2.33. The maximum Gasteiger partial charge on any atom is 0.290 e. The van der Waals surface area contributed by atoms with Crippen LogP contribution in [0.15, 0.2) is 45.7 Å². The van der Waals surface area contributed by atoms with Gasteiger partial charge in [0.2, 0.25) is 10.0 Å². The van der Waals surface area contributed by atoms with E-state index in [0.29, 0.717) is 13.1 Å². The van der Waals surface area contributed by atoms with E-state index in [-0.39, 0.29) is 22.3 Å². The highest BCUT2D eigenvalue weighted by Crippen LogP contribution is 2.26. The Hall–Kier alpha value is -2.58. The molecular weight excluding hydrogens is 344 g/mol. The monoisotopic (exact) mass is 362 g/mol. The van der Waals surface area contributed by atoms with Gasteiger partial charge < -0.3 is 14.1 Å². The summed E-state index contributed by atoms with van der Waals surface area (Å²) in [5, 5.41) is 5.12. The van der Waals surface area contributed by atoms with Crippen molar-refractivity contribution in [2.24, 2.45) is 5.14 Å². The van der Waals surface area contributed by atoms with Gasteiger partial charge in [0.25, 0.3) is 5.91 Å². The number of amides is 1. The second-order valence-corrected chi connectivity index (χ2v) is 7.25. The fraction of sp³-hybridized carbons (Fsp3) is 0.235. The summed E-state index contributed by atoms with van der Waals surface area (Å²) in [6.07, 6.45) is 1.95. The topological polar surface area (TPSA) is 103 Å². The van der Waals surface area contributed by atoms with Crippen molar-refractivity contribution in [3.8, 4) is 5.75 Å². The van der Waals surface area contributed by atoms with Crippen LogP contribution in [0.4, 0.5) is 0 Å². The van der Waals surface area contributed by atoms with Crippen molar-refractivity contribution < 1.29 is 22.4 Å². The number of hydrogen-bond donors (Lipinski definition) is 1. The number of furan rings is 1. The lowest BCUT2D eigenvalue weighted by Crippen LogP contribution is -2.28. The van der Waals surface area contributed by atoms with Gasteiger partial charge in [-0.2, -0.15) is 0 Å². The number of rotatable bonds is 4. The van der Waals surface area contributed by atoms with Gasteiger partial charge in [0.05, 0.1) is 7.11 Å². The molecule has 0 saturated carbocycles. The quantitative estimate of drug-likeness (QED) is 0.893. The van der Waals surface area contributed by atoms with Gasteiger partial charge in [0, 0.05) is 19.2 Å². The van der Waals surface area contributed by atoms with Gasteiger partial charge in [-0.1, -0.05) is 18.2 Å². The number of ether oxygens (including phenoxy) is 1. The van der Waals surface area contributed by atoms with E-state index in [1.54, 1.807) is 12.0 Å². The highest BCUT2D eigenvalue weighted by atomic mass is 32.2. The zero-order chi connectivity index (χ0) is 18.2. The molecule has 0 fully saturated rings. The summed E-state index contributed by atoms with van der Waals surface area (Å²) < 4.78 is 33.5. The smallest absolute Gasteiger partial charge is 0.290 e. The molecule has 1 amide bonds. The molecule has 25 heavy (non-hydrogen) atoms. The number of sulfonamides is 1. The van der Waals surface area contributed by atoms with Crippen LogP contribution in [0.3, 0.4) is 0 Å². The van der Waals surface area contributed by atoms with Crippen LogP contribution in [0, 0.1) is 6.92 Å². The number of nitrogens with zero attached hydrogens (tertiary/aromatic N) is 1. The number of nitrogens with two attached hydrogens (primary N) is 1. The summed E-state index contributed by atoms with van der Waals surface area (Å²) in [5.74, 6) is 0.419. The van der Waals surface area contributed by atoms with Gasteiger partial charge >= 0.3 is 0 Å². The molecule has 0 atom stereocenters. The molecule has 0 bridgehead atoms. The third kappa shape index (κ3) is 3.45. The molecule has 7 nitrogen and oxygen atoms in total. The molecule has 2 heterocycles. The molecule has 3 rings (SSSR count). The lowest BCUT2D eigenvalue weighted by Gasteiger charge is -2.15. The first-order valence-electron chi connectivity index (χ1n) is 7.55. The van der Waals surface area contributed by atoms with Gasteiger partial charge in [-0.05, 0) is 30.2 Å². The largest absolute Gasteiger partial charge is 0.497 e. The van der Waals surface area contributed by atoms with Crippen molar-refractivity contribution in [3.05, 3.63) is 53.5 Å². The highest BCUT2D eigenvalue weighted by Gasteiger charge is 2.27. The molecule has 0 saturated heterocycles. The average Bonchev–Trinajstić information content (AvgIpc) is 3.20. The number of hydrogen-bond acceptors (Lipinski definition) is 5. The number of methoxy groups -OCH3 is 1. The first-order valence-corrected chi connectivity index (χ1v) is 9.10. The zero-order valence-electron chi connectivity index (χ0n) is 13.9. The Morgan fingerprint density at radius 2 is 2.08 bits per heavy atom. The predicted molar refractivity (Wildman–Crippen MR) is 91.7 cm³/mol. The maximum atomic E-state index is 12.6. The van der Waals surface area contributed by atoms with Crippen LogP contribution in [0.5, 0.6) is 5.75 Å². The number of benzene rings is 1. The highest BCUT2D eigenvalue weighted by molar-refractivity contribution is 7.89. The van der Waals surface area contributed by atoms with Crippen LogP contribution in [0.2, 0.25) is 0 Å². The Labute approximate surface area is 145 Å². The first kappa shape index (κ1) is 17.2. The van der Waals surface area contributed by atoms with Gasteiger partial charge in [-0.15, -0.1) is 0 Å². The van der Waals surface area contributed by atoms with E-state index in [2.05, 4.69) is 0 Å². The standard InChI is InChI=1S/C17H18N2O5S/c1-11-16(25(18,21)22)9-15(24-11)17(20)19-7-6-13(10-19)12-4-3-5-14(8-12)23-2/h3-6,8-9H,7,10H2,1-2H3,(H2,18,21,22). The van der Waals surface area contributed by atoms with Crippen LogP contribution in [0.1, 0.15) is 21.9 Å². The molecule has 1 aliphatic heterocycles. The van der Waals surface area contributed by atoms with Crippen LogP contribution in [-0.2, 0) is 10.0 Å². The van der Waals surface area contributed by atoms with Crippen LogP contribution in [0.25, 0.3) is 5.57 Å². The molecule has 2 N–H and O–H groups in total. The molecule has 0 unspecified atom stereocenters. The minimum absolute atomic E-state index is 0.0400. The Kier molecular flexibility index (Phi) is 4.40. The van der Waals surface area contributed by atoms with E-state index < -0.39 is 10.0 Å². The summed E-state index contributed by atoms with van der Waals surface area (Å²) >= 11 is 0. The number of aryl methyl sites for hydroxylation is 1. The van der Waals surface area contributed by atoms with Crippen molar-refractivity contribution in [2.75, 3.05) is 20.2 Å². The fourth-order valence-electron chi connectivity index (χ4n) is 2.75.